The van der Waals surface area contributed by atoms with Gasteiger partial charge >= 0.3 is 0 Å². The summed E-state index contributed by atoms with van der Waals surface area (Å²) in [5.41, 5.74) is 0.685. The smallest absolute Gasteiger partial charge is 0.225 e. The van der Waals surface area contributed by atoms with Crippen molar-refractivity contribution < 1.29 is 9.90 Å². The molecule has 1 N–H and O–H groups in total. The molecule has 1 spiro atoms. The summed E-state index contributed by atoms with van der Waals surface area (Å²) in [6, 6.07) is 8.07. The number of anilines is 1. The Morgan fingerprint density at radius 3 is 2.81 bits per heavy atom. The molecular formula is C21H26N4O2. The highest BCUT2D eigenvalue weighted by Crippen LogP contribution is 2.42. The number of aliphatic hydroxyl groups excluding tert-OH is 1. The number of piperidine rings is 2. The second-order valence-corrected chi connectivity index (χ2v) is 8.44. The van der Waals surface area contributed by atoms with Gasteiger partial charge in [-0.25, -0.2) is 9.97 Å². The van der Waals surface area contributed by atoms with E-state index in [2.05, 4.69) is 20.9 Å². The number of para-hydroxylation sites is 1. The number of rotatable bonds is 2. The van der Waals surface area contributed by atoms with E-state index in [9.17, 15) is 9.90 Å². The third-order valence-electron chi connectivity index (χ3n) is 6.55. The maximum atomic E-state index is 12.6. The second-order valence-electron chi connectivity index (χ2n) is 8.44. The van der Waals surface area contributed by atoms with E-state index in [-0.39, 0.29) is 17.4 Å². The number of hydrogen-bond acceptors (Lipinski definition) is 5. The Morgan fingerprint density at radius 2 is 1.96 bits per heavy atom. The van der Waals surface area contributed by atoms with Crippen molar-refractivity contribution in [2.24, 2.45) is 11.3 Å². The molecule has 142 valence electrons. The van der Waals surface area contributed by atoms with Crippen molar-refractivity contribution in [1.82, 2.24) is 14.9 Å². The van der Waals surface area contributed by atoms with Gasteiger partial charge in [-0.3, -0.25) is 4.79 Å². The van der Waals surface area contributed by atoms with E-state index >= 15 is 0 Å². The number of carbonyl (C=O) groups excluding carboxylic acids is 1. The van der Waals surface area contributed by atoms with Crippen LogP contribution < -0.4 is 4.90 Å². The summed E-state index contributed by atoms with van der Waals surface area (Å²) >= 11 is 0. The fourth-order valence-electron chi connectivity index (χ4n) is 4.91. The lowest BCUT2D eigenvalue weighted by Gasteiger charge is -2.51. The quantitative estimate of drug-likeness (QED) is 0.883. The van der Waals surface area contributed by atoms with Crippen LogP contribution in [0.4, 0.5) is 5.82 Å². The number of aliphatic hydroxyl groups is 1. The Hall–Kier alpha value is -2.21. The molecule has 6 heteroatoms. The molecule has 1 aliphatic carbocycles. The molecule has 0 radical (unpaired) electrons. The van der Waals surface area contributed by atoms with Crippen LogP contribution in [-0.4, -0.2) is 58.2 Å². The zero-order valence-corrected chi connectivity index (χ0v) is 15.5. The highest BCUT2D eigenvalue weighted by molar-refractivity contribution is 5.89. The summed E-state index contributed by atoms with van der Waals surface area (Å²) in [5.74, 6) is 1.48. The molecule has 3 fully saturated rings. The average molecular weight is 366 g/mol. The molecule has 1 saturated carbocycles. The number of carbonyl (C=O) groups is 1. The van der Waals surface area contributed by atoms with Crippen molar-refractivity contribution in [3.8, 4) is 0 Å². The van der Waals surface area contributed by atoms with Gasteiger partial charge in [0.05, 0.1) is 11.6 Å². The minimum absolute atomic E-state index is 0.239. The molecule has 3 heterocycles. The van der Waals surface area contributed by atoms with Gasteiger partial charge in [0.1, 0.15) is 12.1 Å². The van der Waals surface area contributed by atoms with E-state index in [1.54, 1.807) is 6.33 Å². The molecule has 2 saturated heterocycles. The Labute approximate surface area is 159 Å². The number of likely N-dealkylation sites (tertiary alicyclic amines) is 1. The molecule has 2 aliphatic heterocycles. The van der Waals surface area contributed by atoms with Gasteiger partial charge in [-0.15, -0.1) is 0 Å². The van der Waals surface area contributed by atoms with Crippen LogP contribution in [0, 0.1) is 11.3 Å². The van der Waals surface area contributed by atoms with Gasteiger partial charge < -0.3 is 14.9 Å². The lowest BCUT2D eigenvalue weighted by Crippen LogP contribution is -2.60. The molecule has 27 heavy (non-hydrogen) atoms. The SMILES string of the molecule is O=C(C1CC1)N1CCC[C@]2(C1)CN(c1ncnc3ccccc13)CC[C@H]2O. The van der Waals surface area contributed by atoms with Gasteiger partial charge in [0, 0.05) is 42.9 Å². The van der Waals surface area contributed by atoms with E-state index in [1.165, 1.54) is 0 Å². The molecule has 2 atom stereocenters. The average Bonchev–Trinajstić information content (AvgIpc) is 3.55. The maximum absolute atomic E-state index is 12.6. The maximum Gasteiger partial charge on any atom is 0.225 e. The summed E-state index contributed by atoms with van der Waals surface area (Å²) in [4.78, 5) is 25.9. The number of nitrogens with zero attached hydrogens (tertiary/aromatic N) is 4. The summed E-state index contributed by atoms with van der Waals surface area (Å²) in [6.45, 7) is 3.02. The number of hydrogen-bond donors (Lipinski definition) is 1. The normalized spacial score (nSPS) is 28.7. The Balaban J connectivity index is 1.44. The summed E-state index contributed by atoms with van der Waals surface area (Å²) < 4.78 is 0. The van der Waals surface area contributed by atoms with Crippen LogP contribution in [0.3, 0.4) is 0 Å². The molecule has 1 aromatic carbocycles. The Bertz CT molecular complexity index is 863. The van der Waals surface area contributed by atoms with E-state index < -0.39 is 0 Å². The standard InChI is InChI=1S/C21H26N4O2/c26-18-8-11-24(19-16-4-1-2-5-17(16)22-14-23-19)12-21(18)9-3-10-25(13-21)20(27)15-6-7-15/h1-2,4-5,14-15,18,26H,3,6-13H2/t18-,21-/m1/s1. The zero-order chi connectivity index (χ0) is 18.4. The summed E-state index contributed by atoms with van der Waals surface area (Å²) in [5, 5.41) is 12.0. The van der Waals surface area contributed by atoms with Crippen LogP contribution in [0.5, 0.6) is 0 Å². The van der Waals surface area contributed by atoms with Crippen LogP contribution in [0.25, 0.3) is 10.9 Å². The van der Waals surface area contributed by atoms with E-state index in [0.29, 0.717) is 18.9 Å². The summed E-state index contributed by atoms with van der Waals surface area (Å²) in [6.07, 6.45) is 5.96. The van der Waals surface area contributed by atoms with Crippen LogP contribution in [0.15, 0.2) is 30.6 Å². The molecule has 0 bridgehead atoms. The van der Waals surface area contributed by atoms with Gasteiger partial charge in [0.25, 0.3) is 0 Å². The molecule has 1 aromatic heterocycles. The minimum Gasteiger partial charge on any atom is -0.392 e. The number of aromatic nitrogens is 2. The monoisotopic (exact) mass is 366 g/mol. The first-order valence-electron chi connectivity index (χ1n) is 10.1. The third kappa shape index (κ3) is 2.96. The van der Waals surface area contributed by atoms with Crippen LogP contribution >= 0.6 is 0 Å². The van der Waals surface area contributed by atoms with Crippen LogP contribution in [0.1, 0.15) is 32.1 Å². The number of fused-ring (bicyclic) bond motifs is 1. The van der Waals surface area contributed by atoms with Crippen LogP contribution in [0.2, 0.25) is 0 Å². The van der Waals surface area contributed by atoms with Gasteiger partial charge in [-0.1, -0.05) is 12.1 Å². The lowest BCUT2D eigenvalue weighted by molar-refractivity contribution is -0.139. The molecule has 5 rings (SSSR count). The Kier molecular flexibility index (Phi) is 4.04. The van der Waals surface area contributed by atoms with Crippen molar-refractivity contribution in [2.45, 2.75) is 38.2 Å². The summed E-state index contributed by atoms with van der Waals surface area (Å²) in [7, 11) is 0. The molecule has 1 amide bonds. The topological polar surface area (TPSA) is 69.6 Å². The van der Waals surface area contributed by atoms with Gasteiger partial charge in [0.2, 0.25) is 5.91 Å². The largest absolute Gasteiger partial charge is 0.392 e. The fraction of sp³-hybridized carbons (Fsp3) is 0.571. The first kappa shape index (κ1) is 16.9. The number of amides is 1. The minimum atomic E-state index is -0.364. The first-order chi connectivity index (χ1) is 13.2. The predicted molar refractivity (Wildman–Crippen MR) is 103 cm³/mol. The van der Waals surface area contributed by atoms with Crippen molar-refractivity contribution in [3.63, 3.8) is 0 Å². The Morgan fingerprint density at radius 1 is 1.11 bits per heavy atom. The molecular weight excluding hydrogens is 340 g/mol. The third-order valence-corrected chi connectivity index (χ3v) is 6.55. The van der Waals surface area contributed by atoms with E-state index in [1.807, 2.05) is 23.1 Å². The van der Waals surface area contributed by atoms with Crippen molar-refractivity contribution >= 4 is 22.6 Å². The van der Waals surface area contributed by atoms with Crippen LogP contribution in [-0.2, 0) is 4.79 Å². The first-order valence-corrected chi connectivity index (χ1v) is 10.1. The predicted octanol–water partition coefficient (Wildman–Crippen LogP) is 2.22. The molecule has 0 unspecified atom stereocenters. The highest BCUT2D eigenvalue weighted by atomic mass is 16.3. The van der Waals surface area contributed by atoms with Gasteiger partial charge in [-0.2, -0.15) is 0 Å². The van der Waals surface area contributed by atoms with Crippen molar-refractivity contribution in [3.05, 3.63) is 30.6 Å². The van der Waals surface area contributed by atoms with E-state index in [4.69, 9.17) is 0 Å². The molecule has 6 nitrogen and oxygen atoms in total. The van der Waals surface area contributed by atoms with Gasteiger partial charge in [0.15, 0.2) is 0 Å². The molecule has 2 aromatic rings. The van der Waals surface area contributed by atoms with E-state index in [0.717, 1.165) is 62.0 Å². The fourth-order valence-corrected chi connectivity index (χ4v) is 4.91. The van der Waals surface area contributed by atoms with Crippen molar-refractivity contribution in [2.75, 3.05) is 31.1 Å². The number of benzene rings is 1. The second kappa shape index (κ2) is 6.44. The van der Waals surface area contributed by atoms with Crippen molar-refractivity contribution in [1.29, 1.82) is 0 Å². The highest BCUT2D eigenvalue weighted by Gasteiger charge is 2.48. The lowest BCUT2D eigenvalue weighted by atomic mass is 9.71. The molecule has 3 aliphatic rings. The van der Waals surface area contributed by atoms with Gasteiger partial charge in [-0.05, 0) is 44.2 Å². The zero-order valence-electron chi connectivity index (χ0n) is 15.5.